The third-order valence-corrected chi connectivity index (χ3v) is 2.86. The molecule has 2 rings (SSSR count). The van der Waals surface area contributed by atoms with Crippen LogP contribution < -0.4 is 11.1 Å². The number of hydrogen-bond acceptors (Lipinski definition) is 3. The van der Waals surface area contributed by atoms with E-state index in [1.54, 1.807) is 6.07 Å². The smallest absolute Gasteiger partial charge is 0.416 e. The first-order valence-corrected chi connectivity index (χ1v) is 6.18. The first kappa shape index (κ1) is 15.0. The van der Waals surface area contributed by atoms with E-state index >= 15 is 0 Å². The number of hydrogen-bond donors (Lipinski definition) is 2. The highest BCUT2D eigenvalue weighted by atomic mass is 19.4. The minimum Gasteiger partial charge on any atom is -0.456 e. The Kier molecular flexibility index (Phi) is 3.93. The number of alkyl halides is 3. The maximum absolute atomic E-state index is 12.5. The number of carbonyl (C=O) groups excluding carboxylic acids is 1. The van der Waals surface area contributed by atoms with Gasteiger partial charge in [-0.15, -0.1) is 0 Å². The number of nitrogens with one attached hydrogen (secondary N) is 1. The van der Waals surface area contributed by atoms with E-state index in [0.29, 0.717) is 12.2 Å². The van der Waals surface area contributed by atoms with Crippen LogP contribution in [0.2, 0.25) is 0 Å². The second-order valence-corrected chi connectivity index (χ2v) is 4.37. The number of amides is 1. The summed E-state index contributed by atoms with van der Waals surface area (Å²) in [4.78, 5) is 11.9. The number of nitrogens with two attached hydrogens (primary N) is 1. The van der Waals surface area contributed by atoms with Crippen molar-refractivity contribution < 1.29 is 22.4 Å². The van der Waals surface area contributed by atoms with Gasteiger partial charge < -0.3 is 15.5 Å². The van der Waals surface area contributed by atoms with Crippen LogP contribution in [-0.4, -0.2) is 5.91 Å². The summed E-state index contributed by atoms with van der Waals surface area (Å²) in [7, 11) is 0. The van der Waals surface area contributed by atoms with Crippen molar-refractivity contribution in [1.29, 1.82) is 0 Å². The first-order chi connectivity index (χ1) is 9.81. The molecule has 3 N–H and O–H groups in total. The summed E-state index contributed by atoms with van der Waals surface area (Å²) >= 11 is 0. The van der Waals surface area contributed by atoms with Gasteiger partial charge in [0.15, 0.2) is 5.76 Å². The van der Waals surface area contributed by atoms with E-state index in [-0.39, 0.29) is 17.1 Å². The largest absolute Gasteiger partial charge is 0.456 e. The van der Waals surface area contributed by atoms with Gasteiger partial charge in [0.05, 0.1) is 16.9 Å². The Labute approximate surface area is 118 Å². The molecule has 0 atom stereocenters. The fraction of sp³-hybridized carbons (Fsp3) is 0.214. The second kappa shape index (κ2) is 5.51. The number of halogens is 3. The monoisotopic (exact) mass is 298 g/mol. The maximum atomic E-state index is 12.5. The molecule has 0 radical (unpaired) electrons. The quantitative estimate of drug-likeness (QED) is 0.849. The van der Waals surface area contributed by atoms with Crippen LogP contribution in [0.3, 0.4) is 0 Å². The SMILES string of the molecule is CCc1ccc(C(=O)Nc2ccc(C(F)(F)F)cc2N)o1. The molecular weight excluding hydrogens is 285 g/mol. The van der Waals surface area contributed by atoms with Gasteiger partial charge >= 0.3 is 6.18 Å². The van der Waals surface area contributed by atoms with Gasteiger partial charge in [-0.05, 0) is 30.3 Å². The Morgan fingerprint density at radius 3 is 2.52 bits per heavy atom. The fourth-order valence-corrected chi connectivity index (χ4v) is 1.73. The van der Waals surface area contributed by atoms with Crippen LogP contribution in [0, 0.1) is 0 Å². The summed E-state index contributed by atoms with van der Waals surface area (Å²) < 4.78 is 42.8. The molecule has 1 heterocycles. The summed E-state index contributed by atoms with van der Waals surface area (Å²) in [5.41, 5.74) is 4.59. The van der Waals surface area contributed by atoms with Gasteiger partial charge in [0.1, 0.15) is 5.76 Å². The van der Waals surface area contributed by atoms with E-state index in [1.807, 2.05) is 6.92 Å². The molecule has 0 aliphatic heterocycles. The molecule has 2 aromatic rings. The van der Waals surface area contributed by atoms with E-state index in [0.717, 1.165) is 18.2 Å². The highest BCUT2D eigenvalue weighted by Crippen LogP contribution is 2.32. The van der Waals surface area contributed by atoms with Crippen LogP contribution in [0.5, 0.6) is 0 Å². The number of benzene rings is 1. The molecule has 1 aromatic carbocycles. The van der Waals surface area contributed by atoms with Gasteiger partial charge in [0.2, 0.25) is 0 Å². The van der Waals surface area contributed by atoms with Gasteiger partial charge in [-0.3, -0.25) is 4.79 Å². The average molecular weight is 298 g/mol. The molecule has 112 valence electrons. The lowest BCUT2D eigenvalue weighted by atomic mass is 10.1. The molecule has 1 aromatic heterocycles. The summed E-state index contributed by atoms with van der Waals surface area (Å²) in [6.07, 6.45) is -3.84. The molecule has 7 heteroatoms. The zero-order chi connectivity index (χ0) is 15.6. The van der Waals surface area contributed by atoms with Crippen molar-refractivity contribution in [1.82, 2.24) is 0 Å². The summed E-state index contributed by atoms with van der Waals surface area (Å²) in [5, 5.41) is 2.42. The zero-order valence-electron chi connectivity index (χ0n) is 11.1. The first-order valence-electron chi connectivity index (χ1n) is 6.18. The van der Waals surface area contributed by atoms with Crippen molar-refractivity contribution in [2.75, 3.05) is 11.1 Å². The summed E-state index contributed by atoms with van der Waals surface area (Å²) in [6, 6.07) is 5.89. The highest BCUT2D eigenvalue weighted by Gasteiger charge is 2.30. The summed E-state index contributed by atoms with van der Waals surface area (Å²) in [6.45, 7) is 1.87. The van der Waals surface area contributed by atoms with Crippen molar-refractivity contribution in [2.24, 2.45) is 0 Å². The van der Waals surface area contributed by atoms with Crippen LogP contribution in [0.1, 0.15) is 28.8 Å². The van der Waals surface area contributed by atoms with E-state index < -0.39 is 17.6 Å². The molecule has 0 saturated carbocycles. The number of carbonyl (C=O) groups is 1. The van der Waals surface area contributed by atoms with Crippen molar-refractivity contribution in [2.45, 2.75) is 19.5 Å². The lowest BCUT2D eigenvalue weighted by molar-refractivity contribution is -0.137. The van der Waals surface area contributed by atoms with E-state index in [2.05, 4.69) is 5.32 Å². The third-order valence-electron chi connectivity index (χ3n) is 2.86. The molecule has 4 nitrogen and oxygen atoms in total. The van der Waals surface area contributed by atoms with Crippen LogP contribution >= 0.6 is 0 Å². The number of anilines is 2. The molecule has 0 bridgehead atoms. The van der Waals surface area contributed by atoms with Gasteiger partial charge in [-0.25, -0.2) is 0 Å². The fourth-order valence-electron chi connectivity index (χ4n) is 1.73. The number of furan rings is 1. The lowest BCUT2D eigenvalue weighted by Crippen LogP contribution is -2.13. The molecule has 0 saturated heterocycles. The molecule has 1 amide bonds. The van der Waals surface area contributed by atoms with Crippen molar-refractivity contribution in [3.8, 4) is 0 Å². The van der Waals surface area contributed by atoms with E-state index in [9.17, 15) is 18.0 Å². The van der Waals surface area contributed by atoms with Gasteiger partial charge in [0, 0.05) is 6.42 Å². The Hall–Kier alpha value is -2.44. The molecule has 0 aliphatic rings. The van der Waals surface area contributed by atoms with E-state index in [1.165, 1.54) is 6.07 Å². The van der Waals surface area contributed by atoms with Gasteiger partial charge in [-0.1, -0.05) is 6.92 Å². The Morgan fingerprint density at radius 2 is 2.00 bits per heavy atom. The van der Waals surface area contributed by atoms with Crippen LogP contribution in [0.15, 0.2) is 34.7 Å². The molecule has 21 heavy (non-hydrogen) atoms. The molecule has 0 fully saturated rings. The maximum Gasteiger partial charge on any atom is 0.416 e. The second-order valence-electron chi connectivity index (χ2n) is 4.37. The van der Waals surface area contributed by atoms with Crippen molar-refractivity contribution >= 4 is 17.3 Å². The standard InChI is InChI=1S/C14H13F3N2O2/c1-2-9-4-6-12(21-9)13(20)19-11-5-3-8(7-10(11)18)14(15,16)17/h3-7H,2,18H2,1H3,(H,19,20). The number of rotatable bonds is 3. The Morgan fingerprint density at radius 1 is 1.29 bits per heavy atom. The van der Waals surface area contributed by atoms with Gasteiger partial charge in [0.25, 0.3) is 5.91 Å². The molecule has 0 spiro atoms. The number of aryl methyl sites for hydroxylation is 1. The lowest BCUT2D eigenvalue weighted by Gasteiger charge is -2.11. The Balaban J connectivity index is 2.18. The average Bonchev–Trinajstić information content (AvgIpc) is 2.88. The summed E-state index contributed by atoms with van der Waals surface area (Å²) in [5.74, 6) is 0.146. The predicted molar refractivity (Wildman–Crippen MR) is 71.9 cm³/mol. The van der Waals surface area contributed by atoms with Crippen molar-refractivity contribution in [3.05, 3.63) is 47.4 Å². The van der Waals surface area contributed by atoms with Crippen LogP contribution in [0.25, 0.3) is 0 Å². The normalized spacial score (nSPS) is 11.4. The Bertz CT molecular complexity index is 662. The predicted octanol–water partition coefficient (Wildman–Crippen LogP) is 3.70. The molecule has 0 unspecified atom stereocenters. The third kappa shape index (κ3) is 3.36. The van der Waals surface area contributed by atoms with Gasteiger partial charge in [-0.2, -0.15) is 13.2 Å². The van der Waals surface area contributed by atoms with Crippen molar-refractivity contribution in [3.63, 3.8) is 0 Å². The van der Waals surface area contributed by atoms with Crippen LogP contribution in [0.4, 0.5) is 24.5 Å². The van der Waals surface area contributed by atoms with Crippen LogP contribution in [-0.2, 0) is 12.6 Å². The minimum atomic E-state index is -4.48. The van der Waals surface area contributed by atoms with E-state index in [4.69, 9.17) is 10.2 Å². The number of nitrogen functional groups attached to an aromatic ring is 1. The minimum absolute atomic E-state index is 0.0751. The molecular formula is C14H13F3N2O2. The highest BCUT2D eigenvalue weighted by molar-refractivity contribution is 6.03. The topological polar surface area (TPSA) is 68.3 Å². The molecule has 0 aliphatic carbocycles. The zero-order valence-corrected chi connectivity index (χ0v) is 11.1.